The maximum absolute atomic E-state index is 11.7. The normalized spacial score (nSPS) is 11.3. The third-order valence-corrected chi connectivity index (χ3v) is 3.13. The van der Waals surface area contributed by atoms with E-state index in [9.17, 15) is 9.59 Å². The van der Waals surface area contributed by atoms with Crippen LogP contribution in [-0.4, -0.2) is 15.0 Å². The molecule has 0 bridgehead atoms. The van der Waals surface area contributed by atoms with Gasteiger partial charge in [-0.2, -0.15) is 0 Å². The van der Waals surface area contributed by atoms with Crippen LogP contribution in [0.4, 0.5) is 0 Å². The molecule has 0 amide bonds. The maximum Gasteiger partial charge on any atom is 0.326 e. The van der Waals surface area contributed by atoms with Crippen LogP contribution in [0, 0.1) is 6.92 Å². The second-order valence-electron chi connectivity index (χ2n) is 4.78. The highest BCUT2D eigenvalue weighted by atomic mass is 16.2. The molecule has 0 aliphatic rings. The number of fused-ring (bicyclic) bond motifs is 1. The number of pyridine rings is 1. The second kappa shape index (κ2) is 5.20. The zero-order valence-electron chi connectivity index (χ0n) is 11.4. The topological polar surface area (TPSA) is 78.6 Å². The summed E-state index contributed by atoms with van der Waals surface area (Å²) in [5.74, 6) is 0. The largest absolute Gasteiger partial charge is 0.326 e. The molecule has 0 spiro atoms. The molecule has 0 aliphatic heterocycles. The number of hydrogen-bond acceptors (Lipinski definition) is 3. The summed E-state index contributed by atoms with van der Waals surface area (Å²) in [6.07, 6.45) is 3.75. The van der Waals surface area contributed by atoms with E-state index < -0.39 is 11.2 Å². The smallest absolute Gasteiger partial charge is 0.305 e. The summed E-state index contributed by atoms with van der Waals surface area (Å²) in [7, 11) is 0. The zero-order valence-corrected chi connectivity index (χ0v) is 11.4. The predicted molar refractivity (Wildman–Crippen MR) is 83.1 cm³/mol. The highest BCUT2D eigenvalue weighted by Gasteiger charge is 2.02. The molecular weight excluding hydrogens is 266 g/mol. The van der Waals surface area contributed by atoms with E-state index in [1.54, 1.807) is 12.1 Å². The first-order valence-electron chi connectivity index (χ1n) is 6.50. The van der Waals surface area contributed by atoms with Crippen molar-refractivity contribution in [2.24, 2.45) is 0 Å². The Kier molecular flexibility index (Phi) is 3.23. The molecule has 5 heteroatoms. The Morgan fingerprint density at radius 2 is 1.71 bits per heavy atom. The van der Waals surface area contributed by atoms with Gasteiger partial charge in [-0.15, -0.1) is 0 Å². The number of hydrogen-bond donors (Lipinski definition) is 2. The average molecular weight is 279 g/mol. The van der Waals surface area contributed by atoms with Crippen molar-refractivity contribution in [1.82, 2.24) is 15.0 Å². The molecule has 3 aromatic rings. The molecule has 0 saturated heterocycles. The number of aromatic nitrogens is 3. The van der Waals surface area contributed by atoms with Crippen LogP contribution < -0.4 is 11.2 Å². The van der Waals surface area contributed by atoms with Crippen molar-refractivity contribution >= 4 is 23.2 Å². The summed E-state index contributed by atoms with van der Waals surface area (Å²) in [6.45, 7) is 2.03. The lowest BCUT2D eigenvalue weighted by atomic mass is 10.1. The van der Waals surface area contributed by atoms with Gasteiger partial charge < -0.3 is 4.98 Å². The number of aryl methyl sites for hydroxylation is 1. The first-order valence-corrected chi connectivity index (χ1v) is 6.50. The lowest BCUT2D eigenvalue weighted by Crippen LogP contribution is -2.22. The van der Waals surface area contributed by atoms with Crippen molar-refractivity contribution in [3.8, 4) is 0 Å². The average Bonchev–Trinajstić information content (AvgIpc) is 2.47. The van der Waals surface area contributed by atoms with Gasteiger partial charge in [0.2, 0.25) is 0 Å². The maximum atomic E-state index is 11.7. The van der Waals surface area contributed by atoms with Crippen LogP contribution in [0.3, 0.4) is 0 Å². The van der Waals surface area contributed by atoms with Crippen molar-refractivity contribution < 1.29 is 0 Å². The Bertz CT molecular complexity index is 934. The first-order chi connectivity index (χ1) is 10.1. The van der Waals surface area contributed by atoms with Crippen LogP contribution in [0.5, 0.6) is 0 Å². The fourth-order valence-electron chi connectivity index (χ4n) is 2.02. The van der Waals surface area contributed by atoms with Crippen molar-refractivity contribution in [2.45, 2.75) is 6.92 Å². The minimum absolute atomic E-state index is 0.223. The minimum Gasteiger partial charge on any atom is -0.305 e. The van der Waals surface area contributed by atoms with E-state index >= 15 is 0 Å². The Morgan fingerprint density at radius 1 is 0.952 bits per heavy atom. The molecule has 0 radical (unpaired) electrons. The Hall–Kier alpha value is -2.95. The lowest BCUT2D eigenvalue weighted by molar-refractivity contribution is 1.07. The highest BCUT2D eigenvalue weighted by Crippen LogP contribution is 2.10. The van der Waals surface area contributed by atoms with Gasteiger partial charge in [-0.05, 0) is 30.7 Å². The van der Waals surface area contributed by atoms with Crippen LogP contribution in [0.2, 0.25) is 0 Å². The van der Waals surface area contributed by atoms with Crippen molar-refractivity contribution in [2.75, 3.05) is 0 Å². The zero-order chi connectivity index (χ0) is 14.8. The monoisotopic (exact) mass is 279 g/mol. The van der Waals surface area contributed by atoms with E-state index in [4.69, 9.17) is 0 Å². The van der Waals surface area contributed by atoms with Crippen molar-refractivity contribution in [3.05, 3.63) is 74.1 Å². The van der Waals surface area contributed by atoms with Gasteiger partial charge >= 0.3 is 5.69 Å². The van der Waals surface area contributed by atoms with Gasteiger partial charge in [0.25, 0.3) is 5.56 Å². The molecular formula is C16H13N3O2. The second-order valence-corrected chi connectivity index (χ2v) is 4.78. The Labute approximate surface area is 120 Å². The fourth-order valence-corrected chi connectivity index (χ4v) is 2.02. The molecule has 0 fully saturated rings. The summed E-state index contributed by atoms with van der Waals surface area (Å²) in [5, 5.41) is 0. The molecule has 104 valence electrons. The lowest BCUT2D eigenvalue weighted by Gasteiger charge is -1.98. The Balaban J connectivity index is 2.00. The van der Waals surface area contributed by atoms with Gasteiger partial charge in [-0.3, -0.25) is 9.78 Å². The molecule has 0 aliphatic carbocycles. The third kappa shape index (κ3) is 2.81. The van der Waals surface area contributed by atoms with Crippen LogP contribution in [-0.2, 0) is 0 Å². The number of rotatable bonds is 2. The van der Waals surface area contributed by atoms with E-state index in [0.717, 1.165) is 5.56 Å². The number of benzene rings is 1. The summed E-state index contributed by atoms with van der Waals surface area (Å²) in [6, 6.07) is 11.5. The van der Waals surface area contributed by atoms with Crippen LogP contribution in [0.1, 0.15) is 16.8 Å². The first kappa shape index (κ1) is 13.1. The van der Waals surface area contributed by atoms with E-state index in [1.807, 2.05) is 43.3 Å². The molecule has 3 rings (SSSR count). The standard InChI is InChI=1S/C16H13N3O2/c1-10-2-4-11(5-3-10)6-7-12-8-9-13-14(17-12)15(20)19-16(21)18-13/h2-9H,1H3,(H2,18,19,20,21)/b7-6+. The van der Waals surface area contributed by atoms with Gasteiger partial charge in [-0.25, -0.2) is 9.78 Å². The highest BCUT2D eigenvalue weighted by molar-refractivity contribution is 5.76. The van der Waals surface area contributed by atoms with E-state index in [0.29, 0.717) is 11.2 Å². The summed E-state index contributed by atoms with van der Waals surface area (Å²) >= 11 is 0. The predicted octanol–water partition coefficient (Wildman–Crippen LogP) is 2.09. The number of nitrogens with one attached hydrogen (secondary N) is 2. The van der Waals surface area contributed by atoms with Crippen molar-refractivity contribution in [1.29, 1.82) is 0 Å². The van der Waals surface area contributed by atoms with Gasteiger partial charge in [0.1, 0.15) is 0 Å². The van der Waals surface area contributed by atoms with Crippen LogP contribution in [0.15, 0.2) is 46.0 Å². The van der Waals surface area contributed by atoms with Crippen LogP contribution in [0.25, 0.3) is 23.2 Å². The Morgan fingerprint density at radius 3 is 2.48 bits per heavy atom. The molecule has 0 atom stereocenters. The summed E-state index contributed by atoms with van der Waals surface area (Å²) in [4.78, 5) is 31.8. The van der Waals surface area contributed by atoms with Gasteiger partial charge in [0.05, 0.1) is 11.2 Å². The molecule has 0 saturated carbocycles. The van der Waals surface area contributed by atoms with Gasteiger partial charge in [0.15, 0.2) is 5.52 Å². The van der Waals surface area contributed by atoms with E-state index in [2.05, 4.69) is 15.0 Å². The molecule has 2 N–H and O–H groups in total. The molecule has 2 heterocycles. The van der Waals surface area contributed by atoms with Gasteiger partial charge in [0, 0.05) is 0 Å². The number of H-pyrrole nitrogens is 2. The molecule has 1 aromatic carbocycles. The minimum atomic E-state index is -0.530. The van der Waals surface area contributed by atoms with E-state index in [-0.39, 0.29) is 5.52 Å². The van der Waals surface area contributed by atoms with Gasteiger partial charge in [-0.1, -0.05) is 35.9 Å². The van der Waals surface area contributed by atoms with Crippen molar-refractivity contribution in [3.63, 3.8) is 0 Å². The quantitative estimate of drug-likeness (QED) is 0.754. The fraction of sp³-hybridized carbons (Fsp3) is 0.0625. The summed E-state index contributed by atoms with van der Waals surface area (Å²) in [5.41, 5.74) is 2.54. The SMILES string of the molecule is Cc1ccc(/C=C/c2ccc3[nH]c(=O)[nH]c(=O)c3n2)cc1. The molecule has 0 unspecified atom stereocenters. The third-order valence-electron chi connectivity index (χ3n) is 3.13. The number of aromatic amines is 2. The van der Waals surface area contributed by atoms with E-state index in [1.165, 1.54) is 5.56 Å². The van der Waals surface area contributed by atoms with Crippen LogP contribution >= 0.6 is 0 Å². The summed E-state index contributed by atoms with van der Waals surface area (Å²) < 4.78 is 0. The molecule has 5 nitrogen and oxygen atoms in total. The number of nitrogens with zero attached hydrogens (tertiary/aromatic N) is 1. The molecule has 2 aromatic heterocycles. The molecule has 21 heavy (non-hydrogen) atoms.